The van der Waals surface area contributed by atoms with Crippen molar-refractivity contribution in [2.45, 2.75) is 129 Å². The molecule has 0 saturated heterocycles. The highest BCUT2D eigenvalue weighted by atomic mass is 32.2. The first-order valence-corrected chi connectivity index (χ1v) is 26.8. The van der Waals surface area contributed by atoms with E-state index in [9.17, 15) is 51.2 Å². The summed E-state index contributed by atoms with van der Waals surface area (Å²) in [5.41, 5.74) is 0. The first-order chi connectivity index (χ1) is 35.5. The number of hydrogen-bond acceptors (Lipinski definition) is 22. The Morgan fingerprint density at radius 1 is 0.662 bits per heavy atom. The highest BCUT2D eigenvalue weighted by Crippen LogP contribution is 2.39. The lowest BCUT2D eigenvalue weighted by Gasteiger charge is -2.25. The van der Waals surface area contributed by atoms with Crippen molar-refractivity contribution in [1.82, 2.24) is 10.3 Å². The van der Waals surface area contributed by atoms with Crippen LogP contribution in [0, 0.1) is 22.3 Å². The van der Waals surface area contributed by atoms with E-state index in [1.807, 2.05) is 12.2 Å². The zero-order valence-corrected chi connectivity index (χ0v) is 41.9. The van der Waals surface area contributed by atoms with Gasteiger partial charge in [-0.15, -0.1) is 0 Å². The molecule has 0 N–H and O–H groups in total. The van der Waals surface area contributed by atoms with Crippen molar-refractivity contribution in [3.05, 3.63) is 95.4 Å². The van der Waals surface area contributed by atoms with Gasteiger partial charge in [-0.3, -0.25) is 28.4 Å². The van der Waals surface area contributed by atoms with Gasteiger partial charge in [0, 0.05) is 50.5 Å². The topological polar surface area (TPSA) is 324 Å². The minimum Gasteiger partial charge on any atom is -0.466 e. The standard InChI is InChI=1S/C48H56N4O20S2/c1-33-15-5-2-6-16-34-31-35(69-42(55)23-11-21-40(53)64-27-13-29-66-45-47(51(58)71-49-45)73(60,61)36-17-7-3-8-18-36)32-38(34)39(25-26-44(57)68-33)70-43(56)24-12-22-41(54)65-28-14-30-67-46-48(52(59)72-50-46)74(62,63)37-19-9-4-10-20-37/h3-4,6-10,16-20,25-26,33-35,38-39H,2,5,11-15,21-24,27-32H2,1H3/b16-6+,26-25+/t33-,34+,35-,38+,39+/m0/s1. The number of hydrogen-bond donors (Lipinski definition) is 0. The summed E-state index contributed by atoms with van der Waals surface area (Å²) in [6.07, 6.45) is 7.33. The molecule has 2 aliphatic rings. The molecule has 5 atom stereocenters. The number of aromatic nitrogens is 4. The molecule has 6 rings (SSSR count). The van der Waals surface area contributed by atoms with Crippen LogP contribution in [0.1, 0.15) is 90.4 Å². The number of benzene rings is 2. The molecule has 24 nitrogen and oxygen atoms in total. The number of carbonyl (C=O) groups is 5. The summed E-state index contributed by atoms with van der Waals surface area (Å²) in [5.74, 6) is -4.82. The van der Waals surface area contributed by atoms with E-state index in [0.29, 0.717) is 19.3 Å². The molecule has 0 spiro atoms. The SMILES string of the molecule is C[C@H]1CCC/C=C/[C@@H]2C[C@H](OC(=O)CCCC(=O)OCCCOc3no[n+]([O-])c3S(=O)(=O)c3ccccc3)C[C@H]2[C@H](OC(=O)CCCC(=O)OCCCOc2no[n+]([O-])c2S(=O)(=O)c2ccccc2)/C=C/C(=O)O1. The molecule has 74 heavy (non-hydrogen) atoms. The summed E-state index contributed by atoms with van der Waals surface area (Å²) >= 11 is 0. The Labute approximate surface area is 425 Å². The minimum atomic E-state index is -4.32. The molecule has 3 heterocycles. The fourth-order valence-corrected chi connectivity index (χ4v) is 10.5. The lowest BCUT2D eigenvalue weighted by Crippen LogP contribution is -2.31. The molecule has 1 aliphatic heterocycles. The number of cyclic esters (lactones) is 1. The summed E-state index contributed by atoms with van der Waals surface area (Å²) in [5, 5.41) is 29.3. The van der Waals surface area contributed by atoms with Crippen molar-refractivity contribution >= 4 is 49.5 Å². The predicted octanol–water partition coefficient (Wildman–Crippen LogP) is 4.34. The normalized spacial score (nSPS) is 20.0. The lowest BCUT2D eigenvalue weighted by atomic mass is 9.89. The molecule has 4 aromatic rings. The molecule has 2 aromatic heterocycles. The third-order valence-corrected chi connectivity index (χ3v) is 15.0. The van der Waals surface area contributed by atoms with Crippen LogP contribution in [0.15, 0.2) is 114 Å². The van der Waals surface area contributed by atoms with Gasteiger partial charge in [0.2, 0.25) is 0 Å². The molecule has 400 valence electrons. The average molecular weight is 1070 g/mol. The van der Waals surface area contributed by atoms with Crippen molar-refractivity contribution in [2.75, 3.05) is 26.4 Å². The Balaban J connectivity index is 0.918. The third kappa shape index (κ3) is 16.1. The fourth-order valence-electron chi connectivity index (χ4n) is 7.94. The van der Waals surface area contributed by atoms with Crippen LogP contribution in [0.5, 0.6) is 11.8 Å². The van der Waals surface area contributed by atoms with Crippen LogP contribution in [0.25, 0.3) is 0 Å². The van der Waals surface area contributed by atoms with E-state index in [-0.39, 0.29) is 116 Å². The van der Waals surface area contributed by atoms with Gasteiger partial charge in [-0.05, 0) is 97.9 Å². The lowest BCUT2D eigenvalue weighted by molar-refractivity contribution is -0.832. The Bertz CT molecular complexity index is 2820. The Hall–Kier alpha value is -7.35. The van der Waals surface area contributed by atoms with Crippen molar-refractivity contribution in [1.29, 1.82) is 0 Å². The van der Waals surface area contributed by atoms with Gasteiger partial charge in [0.15, 0.2) is 0 Å². The molecule has 0 bridgehead atoms. The highest BCUT2D eigenvalue weighted by Gasteiger charge is 2.41. The van der Waals surface area contributed by atoms with Crippen LogP contribution < -0.4 is 19.3 Å². The molecule has 26 heteroatoms. The van der Waals surface area contributed by atoms with E-state index < -0.39 is 89.5 Å². The fraction of sp³-hybridized carbons (Fsp3) is 0.479. The number of ether oxygens (including phenoxy) is 7. The second-order valence-corrected chi connectivity index (χ2v) is 20.8. The first-order valence-electron chi connectivity index (χ1n) is 23.8. The summed E-state index contributed by atoms with van der Waals surface area (Å²) in [4.78, 5) is 63.1. The molecule has 2 aromatic carbocycles. The predicted molar refractivity (Wildman–Crippen MR) is 248 cm³/mol. The summed E-state index contributed by atoms with van der Waals surface area (Å²) < 4.78 is 99.0. The number of esters is 5. The second-order valence-electron chi connectivity index (χ2n) is 17.1. The van der Waals surface area contributed by atoms with Gasteiger partial charge in [0.05, 0.1) is 52.6 Å². The van der Waals surface area contributed by atoms with Gasteiger partial charge in [0.25, 0.3) is 19.7 Å². The maximum atomic E-state index is 13.2. The summed E-state index contributed by atoms with van der Waals surface area (Å²) in [7, 11) is -8.62. The third-order valence-electron chi connectivity index (χ3n) is 11.5. The van der Waals surface area contributed by atoms with E-state index in [4.69, 9.17) is 33.2 Å². The number of nitrogens with zero attached hydrogens (tertiary/aromatic N) is 4. The number of carbonyl (C=O) groups excluding carboxylic acids is 5. The Kier molecular flexibility index (Phi) is 20.5. The minimum absolute atomic E-state index is 0.0570. The number of allylic oxidation sites excluding steroid dienone is 2. The summed E-state index contributed by atoms with van der Waals surface area (Å²) in [6.45, 7) is 1.17. The zero-order chi connectivity index (χ0) is 53.1. The van der Waals surface area contributed by atoms with Crippen LogP contribution in [0.3, 0.4) is 0 Å². The second kappa shape index (κ2) is 27.1. The maximum Gasteiger partial charge on any atom is 0.414 e. The molecule has 0 radical (unpaired) electrons. The van der Waals surface area contributed by atoms with Gasteiger partial charge in [-0.25, -0.2) is 21.6 Å². The van der Waals surface area contributed by atoms with Gasteiger partial charge in [-0.2, -0.15) is 0 Å². The van der Waals surface area contributed by atoms with Crippen molar-refractivity contribution in [2.24, 2.45) is 11.8 Å². The van der Waals surface area contributed by atoms with E-state index in [1.165, 1.54) is 60.7 Å². The first kappa shape index (κ1) is 56.0. The van der Waals surface area contributed by atoms with Crippen LogP contribution in [0.4, 0.5) is 0 Å². The smallest absolute Gasteiger partial charge is 0.414 e. The number of sulfone groups is 2. The van der Waals surface area contributed by atoms with E-state index in [1.54, 1.807) is 19.1 Å². The number of fused-ring (bicyclic) bond motifs is 1. The quantitative estimate of drug-likeness (QED) is 0.0310. The molecule has 0 unspecified atom stereocenters. The van der Waals surface area contributed by atoms with Gasteiger partial charge in [0.1, 0.15) is 12.2 Å². The van der Waals surface area contributed by atoms with Crippen LogP contribution in [-0.4, -0.2) is 102 Å². The molecular weight excluding hydrogens is 1020 g/mol. The van der Waals surface area contributed by atoms with Crippen LogP contribution >= 0.6 is 0 Å². The van der Waals surface area contributed by atoms with Crippen molar-refractivity contribution < 1.29 is 93.0 Å². The van der Waals surface area contributed by atoms with Crippen LogP contribution in [0.2, 0.25) is 0 Å². The molecule has 1 saturated carbocycles. The Morgan fingerprint density at radius 3 is 1.69 bits per heavy atom. The molecule has 1 fully saturated rings. The van der Waals surface area contributed by atoms with Crippen molar-refractivity contribution in [3.8, 4) is 11.8 Å². The monoisotopic (exact) mass is 1070 g/mol. The molecular formula is C48H56N4O20S2. The zero-order valence-electron chi connectivity index (χ0n) is 40.3. The van der Waals surface area contributed by atoms with Crippen LogP contribution in [-0.2, 0) is 67.3 Å². The maximum absolute atomic E-state index is 13.2. The van der Waals surface area contributed by atoms with Gasteiger partial charge >= 0.3 is 51.7 Å². The number of rotatable bonds is 24. The van der Waals surface area contributed by atoms with E-state index >= 15 is 0 Å². The average Bonchev–Trinajstić information content (AvgIpc) is 4.08. The van der Waals surface area contributed by atoms with E-state index in [2.05, 4.69) is 19.6 Å². The highest BCUT2D eigenvalue weighted by molar-refractivity contribution is 7.91. The summed E-state index contributed by atoms with van der Waals surface area (Å²) in [6, 6.07) is 14.3. The van der Waals surface area contributed by atoms with E-state index in [0.717, 1.165) is 6.42 Å². The van der Waals surface area contributed by atoms with Gasteiger partial charge < -0.3 is 43.6 Å². The molecule has 0 amide bonds. The largest absolute Gasteiger partial charge is 0.466 e. The molecule has 1 aliphatic carbocycles. The Morgan fingerprint density at radius 2 is 1.16 bits per heavy atom. The van der Waals surface area contributed by atoms with Crippen molar-refractivity contribution in [3.63, 3.8) is 0 Å². The van der Waals surface area contributed by atoms with Gasteiger partial charge in [-0.1, -0.05) is 48.6 Å².